The molecule has 8 amide bonds. The number of rotatable bonds is 12. The fourth-order valence-electron chi connectivity index (χ4n) is 3.06. The van der Waals surface area contributed by atoms with E-state index in [2.05, 4.69) is 37.0 Å². The number of carbonyl (C=O) groups excluding carboxylic acids is 9. The quantitative estimate of drug-likeness (QED) is 0.137. The highest BCUT2D eigenvalue weighted by Gasteiger charge is 2.30. The molecule has 0 fully saturated rings. The van der Waals surface area contributed by atoms with Crippen molar-refractivity contribution >= 4 is 72.0 Å². The van der Waals surface area contributed by atoms with Crippen LogP contribution in [0.4, 0.5) is 9.59 Å². The van der Waals surface area contributed by atoms with E-state index >= 15 is 0 Å². The number of carboxylic acid groups (broad SMARTS) is 1. The number of nitrogens with two attached hydrogens (primary N) is 2. The predicted octanol–water partition coefficient (Wildman–Crippen LogP) is 0.300. The maximum Gasteiger partial charge on any atom is 0.423 e. The average molecular weight is 763 g/mol. The van der Waals surface area contributed by atoms with Crippen LogP contribution in [0.15, 0.2) is 41.0 Å². The van der Waals surface area contributed by atoms with E-state index < -0.39 is 35.9 Å². The van der Waals surface area contributed by atoms with Crippen molar-refractivity contribution in [2.24, 2.45) is 16.0 Å². The molecule has 3 aliphatic heterocycles. The molecule has 5 N–H and O–H groups in total. The summed E-state index contributed by atoms with van der Waals surface area (Å²) in [6.45, 7) is 4.42. The number of ether oxygens (including phenoxy) is 3. The van der Waals surface area contributed by atoms with E-state index in [1.165, 1.54) is 31.4 Å². The second-order valence-corrected chi connectivity index (χ2v) is 8.93. The zero-order valence-electron chi connectivity index (χ0n) is 27.3. The molecule has 0 saturated carbocycles. The standard InChI is InChI=1S/C8H8N2O4S.C8H9NO4.C6H5NO4.C4H11NO.C2H5NO2.2CH4/c11-6-3-4-7(12)10(6)5-1-2-8(13)14-9-15;10-6-3-4-7(11)9(6)5-1-2-8(12)13;1-11-6(10)7-4(8)2-3-5(7)9;1-2-6-4-3-5;1-5-2(3)4;;/h3-4H,1-2,5H2;3-4H,1-2,5H2,(H,12,13);2-3H,1H3;2-5H2,1H3;1H3,(H2,3,4);2*1H4. The van der Waals surface area contributed by atoms with Crippen LogP contribution in [0.2, 0.25) is 0 Å². The Morgan fingerprint density at radius 2 is 1.13 bits per heavy atom. The number of primary amides is 1. The molecule has 21 nitrogen and oxygen atoms in total. The molecule has 0 aromatic rings. The van der Waals surface area contributed by atoms with E-state index in [0.717, 1.165) is 35.7 Å². The Morgan fingerprint density at radius 1 is 0.750 bits per heavy atom. The van der Waals surface area contributed by atoms with Gasteiger partial charge in [0.25, 0.3) is 35.4 Å². The first-order chi connectivity index (χ1) is 23.6. The number of hydrogen-bond donors (Lipinski definition) is 3. The van der Waals surface area contributed by atoms with Gasteiger partial charge in [-0.15, -0.1) is 0 Å². The molecule has 0 spiro atoms. The minimum atomic E-state index is -0.954. The van der Waals surface area contributed by atoms with Gasteiger partial charge < -0.3 is 35.6 Å². The molecular weight excluding hydrogens is 716 g/mol. The summed E-state index contributed by atoms with van der Waals surface area (Å²) in [5.74, 6) is -4.28. The largest absolute Gasteiger partial charge is 0.481 e. The fraction of sp³-hybridized carbons (Fsp3) is 0.467. The monoisotopic (exact) mass is 762 g/mol. The summed E-state index contributed by atoms with van der Waals surface area (Å²) in [7, 11) is 2.32. The molecule has 0 atom stereocenters. The van der Waals surface area contributed by atoms with Gasteiger partial charge in [-0.25, -0.2) is 14.4 Å². The van der Waals surface area contributed by atoms with Gasteiger partial charge in [-0.3, -0.25) is 43.4 Å². The summed E-state index contributed by atoms with van der Waals surface area (Å²) >= 11 is 4.08. The minimum absolute atomic E-state index is 0. The Labute approximate surface area is 305 Å². The molecule has 0 unspecified atom stereocenters. The number of hydrogen-bond acceptors (Lipinski definition) is 17. The van der Waals surface area contributed by atoms with Crippen LogP contribution in [0.25, 0.3) is 0 Å². The van der Waals surface area contributed by atoms with Crippen molar-refractivity contribution in [2.45, 2.75) is 47.5 Å². The summed E-state index contributed by atoms with van der Waals surface area (Å²) in [6, 6.07) is 0. The van der Waals surface area contributed by atoms with E-state index in [1.807, 2.05) is 6.92 Å². The Hall–Kier alpha value is -5.74. The first-order valence-corrected chi connectivity index (χ1v) is 14.5. The van der Waals surface area contributed by atoms with Gasteiger partial charge in [0, 0.05) is 75.5 Å². The van der Waals surface area contributed by atoms with E-state index in [9.17, 15) is 47.9 Å². The smallest absolute Gasteiger partial charge is 0.423 e. The summed E-state index contributed by atoms with van der Waals surface area (Å²) < 4.78 is 15.7. The van der Waals surface area contributed by atoms with Crippen LogP contribution < -0.4 is 11.5 Å². The van der Waals surface area contributed by atoms with E-state index in [1.54, 1.807) is 0 Å². The fourth-order valence-corrected chi connectivity index (χ4v) is 3.14. The average Bonchev–Trinajstić information content (AvgIpc) is 3.71. The Kier molecular flexibility index (Phi) is 31.9. The van der Waals surface area contributed by atoms with Crippen LogP contribution in [0.3, 0.4) is 0 Å². The highest BCUT2D eigenvalue weighted by molar-refractivity contribution is 7.47. The predicted molar refractivity (Wildman–Crippen MR) is 183 cm³/mol. The molecular formula is C30H46N6O15S. The number of carboxylic acids is 1. The summed E-state index contributed by atoms with van der Waals surface area (Å²) in [5.41, 5.74) is 9.52. The van der Waals surface area contributed by atoms with Gasteiger partial charge in [-0.05, 0) is 24.3 Å². The van der Waals surface area contributed by atoms with Crippen molar-refractivity contribution < 1.29 is 72.1 Å². The second-order valence-electron chi connectivity index (χ2n) is 8.79. The van der Waals surface area contributed by atoms with Crippen molar-refractivity contribution in [3.8, 4) is 0 Å². The van der Waals surface area contributed by atoms with Gasteiger partial charge in [-0.1, -0.05) is 14.9 Å². The third-order valence-corrected chi connectivity index (χ3v) is 5.38. The number of amides is 8. The topological polar surface area (TPSA) is 302 Å². The number of aliphatic carboxylic acids is 1. The van der Waals surface area contributed by atoms with E-state index in [4.69, 9.17) is 15.6 Å². The zero-order chi connectivity index (χ0) is 38.6. The molecule has 0 aromatic carbocycles. The molecule has 0 aliphatic carbocycles. The number of methoxy groups -OCH3 is 2. The van der Waals surface area contributed by atoms with Gasteiger partial charge in [0.15, 0.2) is 0 Å². The molecule has 292 valence electrons. The van der Waals surface area contributed by atoms with Gasteiger partial charge in [-0.2, -0.15) is 4.90 Å². The minimum Gasteiger partial charge on any atom is -0.481 e. The zero-order valence-corrected chi connectivity index (χ0v) is 28.2. The van der Waals surface area contributed by atoms with Crippen LogP contribution >= 0.6 is 0 Å². The van der Waals surface area contributed by atoms with Crippen molar-refractivity contribution in [1.82, 2.24) is 14.7 Å². The Bertz CT molecular complexity index is 1290. The number of imide groups is 5. The van der Waals surface area contributed by atoms with Crippen LogP contribution in [0, 0.1) is 0 Å². The molecule has 22 heteroatoms. The third-order valence-electron chi connectivity index (χ3n) is 5.31. The van der Waals surface area contributed by atoms with Gasteiger partial charge >= 0.3 is 24.1 Å². The molecule has 3 aliphatic rings. The highest BCUT2D eigenvalue weighted by Crippen LogP contribution is 2.07. The van der Waals surface area contributed by atoms with Gasteiger partial charge in [0.05, 0.1) is 33.3 Å². The summed E-state index contributed by atoms with van der Waals surface area (Å²) in [5, 5.41) is 8.32. The number of nitrogens with zero attached hydrogens (tertiary/aromatic N) is 4. The highest BCUT2D eigenvalue weighted by atomic mass is 32.1. The Balaban J connectivity index is -0.000000288. The first kappa shape index (κ1) is 53.1. The maximum atomic E-state index is 11.1. The van der Waals surface area contributed by atoms with E-state index in [-0.39, 0.29) is 64.4 Å². The second kappa shape index (κ2) is 31.3. The van der Waals surface area contributed by atoms with Crippen molar-refractivity contribution in [2.75, 3.05) is 47.1 Å². The van der Waals surface area contributed by atoms with Crippen molar-refractivity contribution in [3.05, 3.63) is 36.5 Å². The van der Waals surface area contributed by atoms with Crippen LogP contribution in [0.1, 0.15) is 47.5 Å². The van der Waals surface area contributed by atoms with Crippen molar-refractivity contribution in [3.63, 3.8) is 0 Å². The first-order valence-electron chi connectivity index (χ1n) is 14.2. The molecule has 3 rings (SSSR count). The lowest BCUT2D eigenvalue weighted by Gasteiger charge is -2.12. The molecule has 52 heavy (non-hydrogen) atoms. The molecule has 0 radical (unpaired) electrons. The normalized spacial score (nSPS) is 13.1. The molecule has 3 heterocycles. The molecule has 0 saturated heterocycles. The third kappa shape index (κ3) is 23.6. The SMILES string of the molecule is C.C.CCOCCN.COC(=O)N1C(=O)C=CC1=O.COC(N)=O.O=C(CCCN1C(=O)C=CC1=O)ON=S.O=C(O)CCCN1C(=O)C=CC1=O. The van der Waals surface area contributed by atoms with Crippen LogP contribution in [-0.2, 0) is 69.8 Å². The number of carbonyl (C=O) groups is 10. The summed E-state index contributed by atoms with van der Waals surface area (Å²) in [4.78, 5) is 113. The van der Waals surface area contributed by atoms with E-state index in [0.29, 0.717) is 30.9 Å². The van der Waals surface area contributed by atoms with Crippen molar-refractivity contribution in [1.29, 1.82) is 0 Å². The lowest BCUT2D eigenvalue weighted by atomic mass is 10.3. The van der Waals surface area contributed by atoms with Gasteiger partial charge in [0.1, 0.15) is 0 Å². The van der Waals surface area contributed by atoms with Gasteiger partial charge in [0.2, 0.25) is 0 Å². The van der Waals surface area contributed by atoms with Crippen LogP contribution in [-0.4, -0.2) is 126 Å². The molecule has 0 bridgehead atoms. The lowest BCUT2D eigenvalue weighted by molar-refractivity contribution is -0.144. The summed E-state index contributed by atoms with van der Waals surface area (Å²) in [6.07, 6.45) is 5.75. The Morgan fingerprint density at radius 3 is 1.42 bits per heavy atom. The van der Waals surface area contributed by atoms with Crippen LogP contribution in [0.5, 0.6) is 0 Å². The molecule has 0 aromatic heterocycles. The maximum absolute atomic E-state index is 11.1. The lowest BCUT2D eigenvalue weighted by Crippen LogP contribution is -2.35.